The van der Waals surface area contributed by atoms with Crippen LogP contribution in [0.3, 0.4) is 0 Å². The van der Waals surface area contributed by atoms with E-state index in [9.17, 15) is 0 Å². The Kier molecular flexibility index (Phi) is 8.02. The largest absolute Gasteiger partial charge is 0.309 e. The second-order valence-corrected chi connectivity index (χ2v) is 6.80. The van der Waals surface area contributed by atoms with Crippen LogP contribution >= 0.6 is 0 Å². The maximum Gasteiger partial charge on any atom is 0.0149 e. The van der Waals surface area contributed by atoms with Crippen LogP contribution in [0.4, 0.5) is 0 Å². The third-order valence-electron chi connectivity index (χ3n) is 4.60. The van der Waals surface area contributed by atoms with Gasteiger partial charge in [-0.1, -0.05) is 71.5 Å². The number of rotatable bonds is 10. The molecular weight excluding hydrogens is 278 g/mol. The van der Waals surface area contributed by atoms with Crippen molar-refractivity contribution in [2.45, 2.75) is 59.8 Å². The highest BCUT2D eigenvalue weighted by atomic mass is 14.5. The molecule has 23 heavy (non-hydrogen) atoms. The van der Waals surface area contributed by atoms with Gasteiger partial charge in [-0.25, -0.2) is 0 Å². The van der Waals surface area contributed by atoms with Crippen LogP contribution in [0.2, 0.25) is 0 Å². The van der Waals surface area contributed by atoms with E-state index in [4.69, 9.17) is 5.41 Å². The molecule has 0 spiro atoms. The van der Waals surface area contributed by atoms with E-state index >= 15 is 0 Å². The zero-order chi connectivity index (χ0) is 17.4. The number of aryl methyl sites for hydroxylation is 1. The van der Waals surface area contributed by atoms with Gasteiger partial charge in [0.25, 0.3) is 0 Å². The average molecular weight is 312 g/mol. The Morgan fingerprint density at radius 1 is 1.09 bits per heavy atom. The van der Waals surface area contributed by atoms with Gasteiger partial charge in [0.05, 0.1) is 0 Å². The SMILES string of the molecule is C=C(CC(CC)C(=N)C(C)C)C(=C)c1ccc(CCCC)cc1. The molecule has 1 atom stereocenters. The molecule has 1 rings (SSSR count). The van der Waals surface area contributed by atoms with Crippen LogP contribution < -0.4 is 0 Å². The summed E-state index contributed by atoms with van der Waals surface area (Å²) >= 11 is 0. The molecule has 0 fully saturated rings. The number of hydrogen-bond acceptors (Lipinski definition) is 1. The summed E-state index contributed by atoms with van der Waals surface area (Å²) in [7, 11) is 0. The monoisotopic (exact) mass is 311 g/mol. The Labute approximate surface area is 143 Å². The fourth-order valence-corrected chi connectivity index (χ4v) is 2.82. The Morgan fingerprint density at radius 2 is 1.70 bits per heavy atom. The molecule has 0 saturated heterocycles. The molecule has 0 aromatic heterocycles. The summed E-state index contributed by atoms with van der Waals surface area (Å²) in [5.74, 6) is 0.585. The van der Waals surface area contributed by atoms with Gasteiger partial charge in [0.15, 0.2) is 0 Å². The van der Waals surface area contributed by atoms with Gasteiger partial charge >= 0.3 is 0 Å². The number of allylic oxidation sites excluding steroid dienone is 2. The van der Waals surface area contributed by atoms with E-state index in [1.807, 2.05) is 0 Å². The minimum Gasteiger partial charge on any atom is -0.309 e. The van der Waals surface area contributed by atoms with Gasteiger partial charge in [0.2, 0.25) is 0 Å². The summed E-state index contributed by atoms with van der Waals surface area (Å²) in [6, 6.07) is 8.73. The molecule has 126 valence electrons. The third kappa shape index (κ3) is 5.82. The van der Waals surface area contributed by atoms with Gasteiger partial charge in [-0.05, 0) is 53.9 Å². The van der Waals surface area contributed by atoms with Gasteiger partial charge in [0.1, 0.15) is 0 Å². The summed E-state index contributed by atoms with van der Waals surface area (Å²) in [4.78, 5) is 0. The second kappa shape index (κ2) is 9.50. The van der Waals surface area contributed by atoms with Crippen LogP contribution in [0.25, 0.3) is 5.57 Å². The topological polar surface area (TPSA) is 23.9 Å². The van der Waals surface area contributed by atoms with Crippen LogP contribution in [-0.4, -0.2) is 5.71 Å². The molecule has 0 amide bonds. The molecule has 0 radical (unpaired) electrons. The first-order valence-corrected chi connectivity index (χ1v) is 8.95. The smallest absolute Gasteiger partial charge is 0.0149 e. The zero-order valence-corrected chi connectivity index (χ0v) is 15.4. The Bertz CT molecular complexity index is 534. The highest BCUT2D eigenvalue weighted by Gasteiger charge is 2.18. The molecule has 0 aliphatic heterocycles. The normalized spacial score (nSPS) is 12.2. The van der Waals surface area contributed by atoms with Crippen molar-refractivity contribution in [2.24, 2.45) is 11.8 Å². The number of benzene rings is 1. The first-order chi connectivity index (χ1) is 10.9. The van der Waals surface area contributed by atoms with Crippen molar-refractivity contribution in [3.8, 4) is 0 Å². The van der Waals surface area contributed by atoms with E-state index in [1.54, 1.807) is 0 Å². The quantitative estimate of drug-likeness (QED) is 0.367. The van der Waals surface area contributed by atoms with Gasteiger partial charge in [-0.15, -0.1) is 0 Å². The van der Waals surface area contributed by atoms with E-state index in [-0.39, 0.29) is 5.92 Å². The van der Waals surface area contributed by atoms with E-state index < -0.39 is 0 Å². The first-order valence-electron chi connectivity index (χ1n) is 8.95. The van der Waals surface area contributed by atoms with Crippen LogP contribution in [0.5, 0.6) is 0 Å². The van der Waals surface area contributed by atoms with E-state index in [1.165, 1.54) is 18.4 Å². The lowest BCUT2D eigenvalue weighted by atomic mass is 9.84. The summed E-state index contributed by atoms with van der Waals surface area (Å²) in [6.45, 7) is 17.0. The maximum atomic E-state index is 8.26. The number of unbranched alkanes of at least 4 members (excludes halogenated alkanes) is 1. The highest BCUT2D eigenvalue weighted by Crippen LogP contribution is 2.28. The molecule has 0 aliphatic carbocycles. The van der Waals surface area contributed by atoms with Gasteiger partial charge in [-0.2, -0.15) is 0 Å². The Hall–Kier alpha value is -1.63. The summed E-state index contributed by atoms with van der Waals surface area (Å²) in [5, 5.41) is 8.26. The van der Waals surface area contributed by atoms with E-state index in [2.05, 4.69) is 65.1 Å². The van der Waals surface area contributed by atoms with Gasteiger partial charge < -0.3 is 5.41 Å². The molecular formula is C22H33N. The molecule has 1 N–H and O–H groups in total. The van der Waals surface area contributed by atoms with Crippen LogP contribution in [-0.2, 0) is 6.42 Å². The zero-order valence-electron chi connectivity index (χ0n) is 15.4. The van der Waals surface area contributed by atoms with Crippen molar-refractivity contribution in [1.29, 1.82) is 5.41 Å². The summed E-state index contributed by atoms with van der Waals surface area (Å²) in [6.07, 6.45) is 5.44. The number of hydrogen-bond donors (Lipinski definition) is 1. The lowest BCUT2D eigenvalue weighted by Crippen LogP contribution is -2.19. The average Bonchev–Trinajstić information content (AvgIpc) is 2.56. The minimum atomic E-state index is 0.281. The minimum absolute atomic E-state index is 0.281. The molecule has 0 bridgehead atoms. The second-order valence-electron chi connectivity index (χ2n) is 6.80. The molecule has 0 saturated carbocycles. The van der Waals surface area contributed by atoms with Crippen molar-refractivity contribution in [2.75, 3.05) is 0 Å². The summed E-state index contributed by atoms with van der Waals surface area (Å²) < 4.78 is 0. The molecule has 1 nitrogen and oxygen atoms in total. The van der Waals surface area contributed by atoms with Crippen LogP contribution in [0.1, 0.15) is 64.5 Å². The molecule has 0 heterocycles. The van der Waals surface area contributed by atoms with Crippen molar-refractivity contribution in [3.63, 3.8) is 0 Å². The molecule has 1 aromatic rings. The highest BCUT2D eigenvalue weighted by molar-refractivity contribution is 5.87. The molecule has 1 unspecified atom stereocenters. The Balaban J connectivity index is 2.72. The fourth-order valence-electron chi connectivity index (χ4n) is 2.82. The van der Waals surface area contributed by atoms with Crippen molar-refractivity contribution >= 4 is 11.3 Å². The first kappa shape index (κ1) is 19.4. The number of nitrogens with one attached hydrogen (secondary N) is 1. The van der Waals surface area contributed by atoms with Crippen LogP contribution in [0.15, 0.2) is 43.0 Å². The van der Waals surface area contributed by atoms with Crippen molar-refractivity contribution in [1.82, 2.24) is 0 Å². The standard InChI is InChI=1S/C22H33N/c1-7-9-10-19-11-13-21(14-12-19)18(6)17(5)15-20(8-2)22(23)16(3)4/h11-14,16,20,23H,5-10,15H2,1-4H3. The molecule has 1 aromatic carbocycles. The van der Waals surface area contributed by atoms with Crippen molar-refractivity contribution in [3.05, 3.63) is 54.1 Å². The van der Waals surface area contributed by atoms with Crippen molar-refractivity contribution < 1.29 is 0 Å². The molecule has 0 aliphatic rings. The van der Waals surface area contributed by atoms with E-state index in [0.29, 0.717) is 5.92 Å². The molecule has 1 heteroatoms. The lowest BCUT2D eigenvalue weighted by Gasteiger charge is -2.21. The van der Waals surface area contributed by atoms with Gasteiger partial charge in [0, 0.05) is 11.6 Å². The van der Waals surface area contributed by atoms with E-state index in [0.717, 1.165) is 41.7 Å². The predicted octanol–water partition coefficient (Wildman–Crippen LogP) is 6.69. The van der Waals surface area contributed by atoms with Gasteiger partial charge in [-0.3, -0.25) is 0 Å². The predicted molar refractivity (Wildman–Crippen MR) is 104 cm³/mol. The Morgan fingerprint density at radius 3 is 2.17 bits per heavy atom. The lowest BCUT2D eigenvalue weighted by molar-refractivity contribution is 0.624. The maximum absolute atomic E-state index is 8.26. The third-order valence-corrected chi connectivity index (χ3v) is 4.60. The summed E-state index contributed by atoms with van der Waals surface area (Å²) in [5.41, 5.74) is 5.45. The van der Waals surface area contributed by atoms with Crippen LogP contribution in [0, 0.1) is 17.2 Å². The fraction of sp³-hybridized carbons (Fsp3) is 0.500.